The molecule has 0 radical (unpaired) electrons. The fourth-order valence-corrected chi connectivity index (χ4v) is 3.78. The first-order valence-electron chi connectivity index (χ1n) is 10.5. The summed E-state index contributed by atoms with van der Waals surface area (Å²) in [5.41, 5.74) is 3.85. The predicted molar refractivity (Wildman–Crippen MR) is 135 cm³/mol. The van der Waals surface area contributed by atoms with Crippen molar-refractivity contribution in [3.05, 3.63) is 124 Å². The summed E-state index contributed by atoms with van der Waals surface area (Å²) < 4.78 is 5.87. The Morgan fingerprint density at radius 2 is 1.26 bits per heavy atom. The molecule has 4 aromatic carbocycles. The van der Waals surface area contributed by atoms with Crippen molar-refractivity contribution < 1.29 is 19.1 Å². The molecule has 6 heteroatoms. The summed E-state index contributed by atoms with van der Waals surface area (Å²) >= 11 is 3.35. The molecule has 0 saturated carbocycles. The van der Waals surface area contributed by atoms with Gasteiger partial charge in [0.25, 0.3) is 5.91 Å². The molecule has 4 aromatic rings. The second-order valence-electron chi connectivity index (χ2n) is 7.45. The fraction of sp³-hybridized carbons (Fsp3) is 0.0357. The number of hydrogen-bond acceptors (Lipinski definition) is 4. The Labute approximate surface area is 205 Å². The molecule has 1 amide bonds. The van der Waals surface area contributed by atoms with Gasteiger partial charge >= 0.3 is 5.97 Å². The highest BCUT2D eigenvalue weighted by molar-refractivity contribution is 9.10. The summed E-state index contributed by atoms with van der Waals surface area (Å²) in [4.78, 5) is 37.2. The van der Waals surface area contributed by atoms with Gasteiger partial charge in [0.1, 0.15) is 0 Å². The van der Waals surface area contributed by atoms with Crippen LogP contribution >= 0.6 is 15.9 Å². The summed E-state index contributed by atoms with van der Waals surface area (Å²) in [6.07, 6.45) is 0. The lowest BCUT2D eigenvalue weighted by atomic mass is 10.0. The van der Waals surface area contributed by atoms with Gasteiger partial charge in [0, 0.05) is 15.7 Å². The molecule has 0 unspecified atom stereocenters. The van der Waals surface area contributed by atoms with Crippen molar-refractivity contribution in [1.29, 1.82) is 0 Å². The average Bonchev–Trinajstić information content (AvgIpc) is 2.88. The topological polar surface area (TPSA) is 72.5 Å². The first kappa shape index (κ1) is 23.1. The van der Waals surface area contributed by atoms with Gasteiger partial charge in [-0.2, -0.15) is 0 Å². The third-order valence-electron chi connectivity index (χ3n) is 5.15. The van der Waals surface area contributed by atoms with Gasteiger partial charge in [0.15, 0.2) is 12.4 Å². The maximum Gasteiger partial charge on any atom is 0.338 e. The lowest BCUT2D eigenvalue weighted by molar-refractivity contribution is 0.0475. The normalized spacial score (nSPS) is 10.4. The second-order valence-corrected chi connectivity index (χ2v) is 8.31. The van der Waals surface area contributed by atoms with E-state index in [0.29, 0.717) is 21.3 Å². The van der Waals surface area contributed by atoms with Gasteiger partial charge in [-0.1, -0.05) is 66.7 Å². The van der Waals surface area contributed by atoms with Crippen LogP contribution in [0.3, 0.4) is 0 Å². The second kappa shape index (κ2) is 10.7. The zero-order valence-corrected chi connectivity index (χ0v) is 19.6. The molecule has 0 heterocycles. The Hall–Kier alpha value is -4.03. The largest absolute Gasteiger partial charge is 0.454 e. The summed E-state index contributed by atoms with van der Waals surface area (Å²) in [7, 11) is 0. The van der Waals surface area contributed by atoms with Crippen molar-refractivity contribution in [3.63, 3.8) is 0 Å². The number of nitrogens with one attached hydrogen (secondary N) is 1. The lowest BCUT2D eigenvalue weighted by Gasteiger charge is -2.08. The Kier molecular flexibility index (Phi) is 7.30. The van der Waals surface area contributed by atoms with E-state index in [0.717, 1.165) is 11.1 Å². The molecule has 0 aromatic heterocycles. The van der Waals surface area contributed by atoms with Crippen molar-refractivity contribution in [1.82, 2.24) is 0 Å². The van der Waals surface area contributed by atoms with E-state index in [1.807, 2.05) is 48.5 Å². The number of hydrogen-bond donors (Lipinski definition) is 1. The summed E-state index contributed by atoms with van der Waals surface area (Å²) in [6.45, 7) is -0.357. The molecular weight excluding hydrogens is 494 g/mol. The van der Waals surface area contributed by atoms with Crippen molar-refractivity contribution >= 4 is 39.3 Å². The number of rotatable bonds is 7. The molecule has 0 fully saturated rings. The SMILES string of the molecule is O=C(COC(=O)c1ccc(NC(=O)c2ccccc2Br)cc1)c1ccc(-c2ccccc2)cc1. The molecule has 5 nitrogen and oxygen atoms in total. The number of ether oxygens (including phenoxy) is 1. The number of anilines is 1. The number of benzene rings is 4. The van der Waals surface area contributed by atoms with Gasteiger partial charge in [-0.3, -0.25) is 9.59 Å². The van der Waals surface area contributed by atoms with Crippen LogP contribution in [0.4, 0.5) is 5.69 Å². The lowest BCUT2D eigenvalue weighted by Crippen LogP contribution is -2.15. The molecule has 168 valence electrons. The van der Waals surface area contributed by atoms with Crippen LogP contribution in [0.1, 0.15) is 31.1 Å². The van der Waals surface area contributed by atoms with E-state index >= 15 is 0 Å². The van der Waals surface area contributed by atoms with Crippen molar-refractivity contribution in [2.24, 2.45) is 0 Å². The number of ketones is 1. The molecule has 1 N–H and O–H groups in total. The zero-order chi connectivity index (χ0) is 23.9. The summed E-state index contributed by atoms with van der Waals surface area (Å²) in [5, 5.41) is 2.78. The number of Topliss-reactive ketones (excluding diaryl/α,β-unsaturated/α-hetero) is 1. The Morgan fingerprint density at radius 1 is 0.676 bits per heavy atom. The van der Waals surface area contributed by atoms with Crippen LogP contribution in [0, 0.1) is 0 Å². The minimum atomic E-state index is -0.613. The minimum absolute atomic E-state index is 0.272. The van der Waals surface area contributed by atoms with Gasteiger partial charge in [0.2, 0.25) is 0 Å². The number of amides is 1. The number of carbonyl (C=O) groups excluding carboxylic acids is 3. The van der Waals surface area contributed by atoms with E-state index in [-0.39, 0.29) is 23.9 Å². The monoisotopic (exact) mass is 513 g/mol. The maximum atomic E-state index is 12.4. The van der Waals surface area contributed by atoms with Crippen LogP contribution < -0.4 is 5.32 Å². The first-order valence-corrected chi connectivity index (χ1v) is 11.3. The summed E-state index contributed by atoms with van der Waals surface area (Å²) in [5.74, 6) is -1.17. The van der Waals surface area contributed by atoms with E-state index in [1.54, 1.807) is 42.5 Å². The number of carbonyl (C=O) groups is 3. The van der Waals surface area contributed by atoms with Crippen molar-refractivity contribution in [3.8, 4) is 11.1 Å². The predicted octanol–water partition coefficient (Wildman–Crippen LogP) is 6.41. The standard InChI is InChI=1S/C28H20BrNO4/c29-25-9-5-4-8-24(25)27(32)30-23-16-14-22(15-17-23)28(33)34-18-26(31)21-12-10-20(11-13-21)19-6-2-1-3-7-19/h1-17H,18H2,(H,30,32). The van der Waals surface area contributed by atoms with Gasteiger partial charge in [-0.25, -0.2) is 4.79 Å². The Balaban J connectivity index is 1.32. The Morgan fingerprint density at radius 3 is 1.94 bits per heavy atom. The zero-order valence-electron chi connectivity index (χ0n) is 18.0. The van der Waals surface area contributed by atoms with E-state index in [9.17, 15) is 14.4 Å². The summed E-state index contributed by atoms with van der Waals surface area (Å²) in [6, 6.07) is 30.4. The van der Waals surface area contributed by atoms with Crippen molar-refractivity contribution in [2.75, 3.05) is 11.9 Å². The maximum absolute atomic E-state index is 12.4. The highest BCUT2D eigenvalue weighted by Crippen LogP contribution is 2.20. The molecule has 0 saturated heterocycles. The third-order valence-corrected chi connectivity index (χ3v) is 5.84. The highest BCUT2D eigenvalue weighted by Gasteiger charge is 2.13. The molecular formula is C28H20BrNO4. The first-order chi connectivity index (χ1) is 16.5. The molecule has 0 atom stereocenters. The average molecular weight is 514 g/mol. The van der Waals surface area contributed by atoms with Gasteiger partial charge in [-0.05, 0) is 63.5 Å². The Bertz CT molecular complexity index is 1320. The van der Waals surface area contributed by atoms with Crippen LogP contribution in [0.2, 0.25) is 0 Å². The van der Waals surface area contributed by atoms with E-state index in [2.05, 4.69) is 21.2 Å². The van der Waals surface area contributed by atoms with Crippen LogP contribution in [0.5, 0.6) is 0 Å². The smallest absolute Gasteiger partial charge is 0.338 e. The molecule has 0 aliphatic carbocycles. The number of esters is 1. The molecule has 0 spiro atoms. The molecule has 0 aliphatic heterocycles. The van der Waals surface area contributed by atoms with E-state index < -0.39 is 5.97 Å². The van der Waals surface area contributed by atoms with Crippen LogP contribution in [0.15, 0.2) is 108 Å². The quantitative estimate of drug-likeness (QED) is 0.229. The van der Waals surface area contributed by atoms with Crippen LogP contribution in [-0.2, 0) is 4.74 Å². The van der Waals surface area contributed by atoms with E-state index in [4.69, 9.17) is 4.74 Å². The van der Waals surface area contributed by atoms with Gasteiger partial charge in [-0.15, -0.1) is 0 Å². The van der Waals surface area contributed by atoms with Crippen LogP contribution in [0.25, 0.3) is 11.1 Å². The van der Waals surface area contributed by atoms with Gasteiger partial charge < -0.3 is 10.1 Å². The fourth-order valence-electron chi connectivity index (χ4n) is 3.31. The molecule has 0 aliphatic rings. The molecule has 34 heavy (non-hydrogen) atoms. The molecule has 4 rings (SSSR count). The minimum Gasteiger partial charge on any atom is -0.454 e. The van der Waals surface area contributed by atoms with Crippen LogP contribution in [-0.4, -0.2) is 24.3 Å². The van der Waals surface area contributed by atoms with Gasteiger partial charge in [0.05, 0.1) is 11.1 Å². The number of halogens is 1. The van der Waals surface area contributed by atoms with Crippen molar-refractivity contribution in [2.45, 2.75) is 0 Å². The highest BCUT2D eigenvalue weighted by atomic mass is 79.9. The van der Waals surface area contributed by atoms with E-state index in [1.165, 1.54) is 12.1 Å². The third kappa shape index (κ3) is 5.66. The molecule has 0 bridgehead atoms.